The SMILES string of the molecule is CC(C)C1CCC(CC2(O)CCNC2)CC1. The van der Waals surface area contributed by atoms with Gasteiger partial charge in [0.15, 0.2) is 0 Å². The van der Waals surface area contributed by atoms with Crippen molar-refractivity contribution in [2.75, 3.05) is 13.1 Å². The Morgan fingerprint density at radius 3 is 2.44 bits per heavy atom. The number of hydrogen-bond acceptors (Lipinski definition) is 2. The van der Waals surface area contributed by atoms with Crippen LogP contribution >= 0.6 is 0 Å². The molecule has 0 radical (unpaired) electrons. The first-order valence-corrected chi connectivity index (χ1v) is 7.02. The maximum Gasteiger partial charge on any atom is 0.0786 e. The molecule has 1 heterocycles. The van der Waals surface area contributed by atoms with Crippen molar-refractivity contribution in [1.29, 1.82) is 0 Å². The van der Waals surface area contributed by atoms with Crippen LogP contribution in [0, 0.1) is 17.8 Å². The fraction of sp³-hybridized carbons (Fsp3) is 1.00. The minimum absolute atomic E-state index is 0.380. The van der Waals surface area contributed by atoms with Crippen LogP contribution in [0.15, 0.2) is 0 Å². The van der Waals surface area contributed by atoms with Crippen molar-refractivity contribution in [3.63, 3.8) is 0 Å². The second-order valence-corrected chi connectivity index (χ2v) is 6.38. The summed E-state index contributed by atoms with van der Waals surface area (Å²) in [5.74, 6) is 2.56. The quantitative estimate of drug-likeness (QED) is 0.773. The average Bonchev–Trinajstić information content (AvgIpc) is 2.65. The second-order valence-electron chi connectivity index (χ2n) is 6.38. The van der Waals surface area contributed by atoms with E-state index in [2.05, 4.69) is 19.2 Å². The molecule has 2 N–H and O–H groups in total. The summed E-state index contributed by atoms with van der Waals surface area (Å²) in [5, 5.41) is 13.6. The lowest BCUT2D eigenvalue weighted by atomic mass is 9.73. The zero-order valence-electron chi connectivity index (χ0n) is 10.8. The summed E-state index contributed by atoms with van der Waals surface area (Å²) in [6, 6.07) is 0. The summed E-state index contributed by atoms with van der Waals surface area (Å²) >= 11 is 0. The van der Waals surface area contributed by atoms with Crippen molar-refractivity contribution >= 4 is 0 Å². The highest BCUT2D eigenvalue weighted by Gasteiger charge is 2.35. The minimum atomic E-state index is -0.380. The molecule has 1 saturated carbocycles. The molecule has 0 amide bonds. The third kappa shape index (κ3) is 2.98. The molecule has 1 atom stereocenters. The van der Waals surface area contributed by atoms with Crippen LogP contribution in [0.5, 0.6) is 0 Å². The van der Waals surface area contributed by atoms with Crippen LogP contribution in [0.25, 0.3) is 0 Å². The van der Waals surface area contributed by atoms with E-state index in [1.54, 1.807) is 0 Å². The number of β-amino-alcohol motifs (C(OH)–C–C–N with tert-alkyl or cyclic N) is 1. The highest BCUT2D eigenvalue weighted by molar-refractivity contribution is 4.90. The summed E-state index contributed by atoms with van der Waals surface area (Å²) in [6.45, 7) is 6.51. The van der Waals surface area contributed by atoms with Gasteiger partial charge < -0.3 is 10.4 Å². The highest BCUT2D eigenvalue weighted by atomic mass is 16.3. The van der Waals surface area contributed by atoms with E-state index in [0.29, 0.717) is 0 Å². The van der Waals surface area contributed by atoms with Crippen LogP contribution < -0.4 is 5.32 Å². The summed E-state index contributed by atoms with van der Waals surface area (Å²) < 4.78 is 0. The van der Waals surface area contributed by atoms with Crippen LogP contribution in [0.3, 0.4) is 0 Å². The van der Waals surface area contributed by atoms with E-state index >= 15 is 0 Å². The summed E-state index contributed by atoms with van der Waals surface area (Å²) in [7, 11) is 0. The van der Waals surface area contributed by atoms with E-state index in [-0.39, 0.29) is 5.60 Å². The molecule has 1 aliphatic carbocycles. The van der Waals surface area contributed by atoms with Gasteiger partial charge in [0.05, 0.1) is 5.60 Å². The lowest BCUT2D eigenvalue weighted by Crippen LogP contribution is -2.35. The zero-order chi connectivity index (χ0) is 11.6. The molecule has 2 fully saturated rings. The Balaban J connectivity index is 1.76. The van der Waals surface area contributed by atoms with E-state index in [1.165, 1.54) is 25.7 Å². The van der Waals surface area contributed by atoms with Gasteiger partial charge in [0.2, 0.25) is 0 Å². The molecule has 0 spiro atoms. The molecule has 94 valence electrons. The Hall–Kier alpha value is -0.0800. The Morgan fingerprint density at radius 2 is 1.94 bits per heavy atom. The van der Waals surface area contributed by atoms with Gasteiger partial charge in [-0.05, 0) is 50.0 Å². The third-order valence-corrected chi connectivity index (χ3v) is 4.72. The van der Waals surface area contributed by atoms with Crippen molar-refractivity contribution in [2.24, 2.45) is 17.8 Å². The predicted molar refractivity (Wildman–Crippen MR) is 67.3 cm³/mol. The number of aliphatic hydroxyl groups is 1. The van der Waals surface area contributed by atoms with Gasteiger partial charge in [0, 0.05) is 6.54 Å². The van der Waals surface area contributed by atoms with Crippen molar-refractivity contribution in [2.45, 2.75) is 58.0 Å². The van der Waals surface area contributed by atoms with Crippen LogP contribution in [-0.4, -0.2) is 23.8 Å². The molecule has 2 nitrogen and oxygen atoms in total. The maximum absolute atomic E-state index is 10.4. The van der Waals surface area contributed by atoms with Gasteiger partial charge in [-0.1, -0.05) is 26.7 Å². The Bertz CT molecular complexity index is 213. The van der Waals surface area contributed by atoms with Gasteiger partial charge in [-0.3, -0.25) is 0 Å². The molecule has 1 aliphatic heterocycles. The molecule has 0 bridgehead atoms. The molecule has 0 aromatic heterocycles. The average molecular weight is 225 g/mol. The van der Waals surface area contributed by atoms with Gasteiger partial charge in [-0.15, -0.1) is 0 Å². The van der Waals surface area contributed by atoms with E-state index in [9.17, 15) is 5.11 Å². The van der Waals surface area contributed by atoms with Gasteiger partial charge in [0.25, 0.3) is 0 Å². The van der Waals surface area contributed by atoms with Gasteiger partial charge >= 0.3 is 0 Å². The molecule has 2 heteroatoms. The Kier molecular flexibility index (Phi) is 3.91. The van der Waals surface area contributed by atoms with E-state index in [4.69, 9.17) is 0 Å². The molecular weight excluding hydrogens is 198 g/mol. The second kappa shape index (κ2) is 5.05. The minimum Gasteiger partial charge on any atom is -0.389 e. The first-order valence-electron chi connectivity index (χ1n) is 7.02. The van der Waals surface area contributed by atoms with E-state index in [0.717, 1.165) is 43.7 Å². The summed E-state index contributed by atoms with van der Waals surface area (Å²) in [4.78, 5) is 0. The number of rotatable bonds is 3. The Morgan fingerprint density at radius 1 is 1.25 bits per heavy atom. The topological polar surface area (TPSA) is 32.3 Å². The number of hydrogen-bond donors (Lipinski definition) is 2. The number of nitrogens with one attached hydrogen (secondary N) is 1. The molecule has 2 rings (SSSR count). The summed E-state index contributed by atoms with van der Waals surface area (Å²) in [5.41, 5.74) is -0.380. The molecular formula is C14H27NO. The van der Waals surface area contributed by atoms with Gasteiger partial charge in [-0.25, -0.2) is 0 Å². The monoisotopic (exact) mass is 225 g/mol. The fourth-order valence-electron chi connectivity index (χ4n) is 3.50. The van der Waals surface area contributed by atoms with Crippen molar-refractivity contribution < 1.29 is 5.11 Å². The first kappa shape index (κ1) is 12.4. The van der Waals surface area contributed by atoms with E-state index in [1.807, 2.05) is 0 Å². The molecule has 2 aliphatic rings. The van der Waals surface area contributed by atoms with Crippen LogP contribution in [0.1, 0.15) is 52.4 Å². The molecule has 1 saturated heterocycles. The van der Waals surface area contributed by atoms with Crippen molar-refractivity contribution in [3.05, 3.63) is 0 Å². The van der Waals surface area contributed by atoms with Crippen LogP contribution in [0.2, 0.25) is 0 Å². The predicted octanol–water partition coefficient (Wildman–Crippen LogP) is 2.56. The van der Waals surface area contributed by atoms with Crippen LogP contribution in [-0.2, 0) is 0 Å². The third-order valence-electron chi connectivity index (χ3n) is 4.72. The zero-order valence-corrected chi connectivity index (χ0v) is 10.8. The Labute approximate surface area is 99.8 Å². The molecule has 1 unspecified atom stereocenters. The largest absolute Gasteiger partial charge is 0.389 e. The van der Waals surface area contributed by atoms with E-state index < -0.39 is 0 Å². The molecule has 0 aromatic carbocycles. The van der Waals surface area contributed by atoms with Gasteiger partial charge in [0.1, 0.15) is 0 Å². The standard InChI is InChI=1S/C14H27NO/c1-11(2)13-5-3-12(4-6-13)9-14(16)7-8-15-10-14/h11-13,15-16H,3-10H2,1-2H3. The summed E-state index contributed by atoms with van der Waals surface area (Å²) in [6.07, 6.45) is 7.43. The van der Waals surface area contributed by atoms with Gasteiger partial charge in [-0.2, -0.15) is 0 Å². The van der Waals surface area contributed by atoms with Crippen LogP contribution in [0.4, 0.5) is 0 Å². The maximum atomic E-state index is 10.4. The van der Waals surface area contributed by atoms with Crippen molar-refractivity contribution in [3.8, 4) is 0 Å². The first-order chi connectivity index (χ1) is 7.59. The fourth-order valence-corrected chi connectivity index (χ4v) is 3.50. The molecule has 0 aromatic rings. The lowest BCUT2D eigenvalue weighted by Gasteiger charge is -2.34. The smallest absolute Gasteiger partial charge is 0.0786 e. The molecule has 16 heavy (non-hydrogen) atoms. The normalized spacial score (nSPS) is 40.5. The lowest BCUT2D eigenvalue weighted by molar-refractivity contribution is 0.0244. The van der Waals surface area contributed by atoms with Crippen molar-refractivity contribution in [1.82, 2.24) is 5.32 Å². The highest BCUT2D eigenvalue weighted by Crippen LogP contribution is 2.37.